The molecule has 212 valence electrons. The average Bonchev–Trinajstić information content (AvgIpc) is 3.58. The van der Waals surface area contributed by atoms with Gasteiger partial charge in [0.15, 0.2) is 5.65 Å². The van der Waals surface area contributed by atoms with Gasteiger partial charge < -0.3 is 19.9 Å². The van der Waals surface area contributed by atoms with Crippen LogP contribution in [0.5, 0.6) is 5.75 Å². The van der Waals surface area contributed by atoms with Crippen molar-refractivity contribution < 1.29 is 31.4 Å². The van der Waals surface area contributed by atoms with E-state index in [1.807, 2.05) is 0 Å². The van der Waals surface area contributed by atoms with Crippen molar-refractivity contribution in [1.82, 2.24) is 29.5 Å². The fourth-order valence-electron chi connectivity index (χ4n) is 4.97. The molecule has 1 spiro atoms. The van der Waals surface area contributed by atoms with Crippen LogP contribution in [-0.2, 0) is 24.8 Å². The highest BCUT2D eigenvalue weighted by Gasteiger charge is 2.44. The lowest BCUT2D eigenvalue weighted by atomic mass is 9.88. The van der Waals surface area contributed by atoms with Crippen LogP contribution in [-0.4, -0.2) is 99.1 Å². The zero-order valence-electron chi connectivity index (χ0n) is 21.4. The summed E-state index contributed by atoms with van der Waals surface area (Å²) in [6.45, 7) is 1.41. The number of ether oxygens (including phenoxy) is 2. The second-order valence-electron chi connectivity index (χ2n) is 9.83. The van der Waals surface area contributed by atoms with Gasteiger partial charge in [-0.2, -0.15) is 9.40 Å². The van der Waals surface area contributed by atoms with Gasteiger partial charge in [0.2, 0.25) is 20.0 Å². The number of aromatic nitrogens is 3. The minimum Gasteiger partial charge on any atom is -0.491 e. The van der Waals surface area contributed by atoms with Crippen molar-refractivity contribution in [1.29, 1.82) is 0 Å². The molecule has 2 atom stereocenters. The first-order chi connectivity index (χ1) is 18.6. The third kappa shape index (κ3) is 6.09. The number of H-pyrrole nitrogens is 1. The molecule has 3 aromatic rings. The number of fused-ring (bicyclic) bond motifs is 1. The van der Waals surface area contributed by atoms with Crippen LogP contribution in [0.4, 0.5) is 0 Å². The van der Waals surface area contributed by atoms with Crippen LogP contribution in [0.15, 0.2) is 52.5 Å². The zero-order chi connectivity index (χ0) is 27.7. The SMILES string of the molecule is CNS(=O)(=O)c1cccc(OCC(O)CNC2COC3(CCN(S(=O)(=O)c4cnc5[nH]ncc5c4)CC3)C2)c1. The number of rotatable bonds is 10. The maximum absolute atomic E-state index is 13.2. The number of pyridine rings is 1. The number of nitrogens with one attached hydrogen (secondary N) is 3. The van der Waals surface area contributed by atoms with Crippen LogP contribution in [0.1, 0.15) is 19.3 Å². The molecule has 0 bridgehead atoms. The Labute approximate surface area is 227 Å². The van der Waals surface area contributed by atoms with Gasteiger partial charge in [-0.05, 0) is 44.5 Å². The van der Waals surface area contributed by atoms with E-state index in [1.54, 1.807) is 24.4 Å². The van der Waals surface area contributed by atoms with Crippen molar-refractivity contribution in [2.45, 2.75) is 46.8 Å². The number of hydrogen-bond donors (Lipinski definition) is 4. The van der Waals surface area contributed by atoms with E-state index in [2.05, 4.69) is 25.2 Å². The number of sulfonamides is 2. The number of piperidine rings is 1. The molecule has 4 heterocycles. The molecule has 1 aromatic carbocycles. The Balaban J connectivity index is 1.08. The predicted octanol–water partition coefficient (Wildman–Crippen LogP) is 0.208. The maximum atomic E-state index is 13.2. The van der Waals surface area contributed by atoms with E-state index in [1.165, 1.54) is 29.7 Å². The molecule has 2 aromatic heterocycles. The number of hydrogen-bond acceptors (Lipinski definition) is 10. The molecule has 15 heteroatoms. The third-order valence-corrected chi connectivity index (χ3v) is 10.5. The second-order valence-corrected chi connectivity index (χ2v) is 13.7. The molecule has 2 aliphatic heterocycles. The number of aliphatic hydroxyl groups is 1. The molecule has 39 heavy (non-hydrogen) atoms. The Morgan fingerprint density at radius 3 is 2.77 bits per heavy atom. The molecule has 0 saturated carbocycles. The zero-order valence-corrected chi connectivity index (χ0v) is 23.0. The predicted molar refractivity (Wildman–Crippen MR) is 141 cm³/mol. The van der Waals surface area contributed by atoms with Crippen LogP contribution >= 0.6 is 0 Å². The molecule has 4 N–H and O–H groups in total. The van der Waals surface area contributed by atoms with Crippen molar-refractivity contribution in [2.75, 3.05) is 39.9 Å². The lowest BCUT2D eigenvalue weighted by molar-refractivity contribution is -0.0312. The van der Waals surface area contributed by atoms with Crippen LogP contribution in [0.3, 0.4) is 0 Å². The number of aliphatic hydroxyl groups excluding tert-OH is 1. The van der Waals surface area contributed by atoms with E-state index in [0.717, 1.165) is 0 Å². The van der Waals surface area contributed by atoms with E-state index < -0.39 is 31.8 Å². The van der Waals surface area contributed by atoms with Gasteiger partial charge in [0.25, 0.3) is 0 Å². The van der Waals surface area contributed by atoms with Crippen LogP contribution in [0.2, 0.25) is 0 Å². The maximum Gasteiger partial charge on any atom is 0.244 e. The molecule has 5 rings (SSSR count). The van der Waals surface area contributed by atoms with Crippen molar-refractivity contribution in [3.63, 3.8) is 0 Å². The summed E-state index contributed by atoms with van der Waals surface area (Å²) < 4.78 is 65.7. The van der Waals surface area contributed by atoms with Gasteiger partial charge in [0.05, 0.1) is 23.3 Å². The Bertz CT molecular complexity index is 1520. The summed E-state index contributed by atoms with van der Waals surface area (Å²) in [6.07, 6.45) is 3.93. The van der Waals surface area contributed by atoms with Gasteiger partial charge in [-0.1, -0.05) is 6.07 Å². The average molecular weight is 581 g/mol. The molecular formula is C24H32N6O7S2. The largest absolute Gasteiger partial charge is 0.491 e. The second kappa shape index (κ2) is 11.1. The normalized spacial score (nSPS) is 20.9. The first-order valence-corrected chi connectivity index (χ1v) is 15.5. The molecule has 0 radical (unpaired) electrons. The van der Waals surface area contributed by atoms with E-state index in [4.69, 9.17) is 9.47 Å². The van der Waals surface area contributed by atoms with Gasteiger partial charge in [0.1, 0.15) is 23.4 Å². The molecule has 0 aliphatic carbocycles. The summed E-state index contributed by atoms with van der Waals surface area (Å²) in [5.41, 5.74) is 0.132. The van der Waals surface area contributed by atoms with Crippen molar-refractivity contribution in [3.05, 3.63) is 42.7 Å². The fraction of sp³-hybridized carbons (Fsp3) is 0.500. The van der Waals surface area contributed by atoms with Gasteiger partial charge in [-0.15, -0.1) is 0 Å². The van der Waals surface area contributed by atoms with Gasteiger partial charge in [-0.3, -0.25) is 5.10 Å². The van der Waals surface area contributed by atoms with Gasteiger partial charge >= 0.3 is 0 Å². The number of benzene rings is 1. The molecule has 2 aliphatic rings. The molecule has 2 saturated heterocycles. The summed E-state index contributed by atoms with van der Waals surface area (Å²) in [5, 5.41) is 20.9. The van der Waals surface area contributed by atoms with Gasteiger partial charge in [0, 0.05) is 43.3 Å². The Morgan fingerprint density at radius 2 is 2.00 bits per heavy atom. The van der Waals surface area contributed by atoms with Crippen LogP contribution < -0.4 is 14.8 Å². The summed E-state index contributed by atoms with van der Waals surface area (Å²) in [5.74, 6) is 0.343. The lowest BCUT2D eigenvalue weighted by Gasteiger charge is -2.38. The van der Waals surface area contributed by atoms with E-state index >= 15 is 0 Å². The summed E-state index contributed by atoms with van der Waals surface area (Å²) in [4.78, 5) is 4.38. The fourth-order valence-corrected chi connectivity index (χ4v) is 7.16. The summed E-state index contributed by atoms with van der Waals surface area (Å²) in [7, 11) is -5.93. The van der Waals surface area contributed by atoms with E-state index in [-0.39, 0.29) is 29.0 Å². The molecule has 13 nitrogen and oxygen atoms in total. The molecular weight excluding hydrogens is 548 g/mol. The summed E-state index contributed by atoms with van der Waals surface area (Å²) >= 11 is 0. The highest BCUT2D eigenvalue weighted by atomic mass is 32.2. The first-order valence-electron chi connectivity index (χ1n) is 12.6. The van der Waals surface area contributed by atoms with Crippen LogP contribution in [0, 0.1) is 0 Å². The quantitative estimate of drug-likeness (QED) is 0.259. The van der Waals surface area contributed by atoms with Crippen molar-refractivity contribution in [2.24, 2.45) is 0 Å². The van der Waals surface area contributed by atoms with Crippen molar-refractivity contribution in [3.8, 4) is 5.75 Å². The highest BCUT2D eigenvalue weighted by Crippen LogP contribution is 2.37. The standard InChI is InChI=1S/C24H32N6O7S2/c1-25-38(32,33)21-4-2-3-20(10-21)36-16-19(31)13-26-18-11-24(37-15-18)5-7-30(8-6-24)39(34,35)22-9-17-12-28-29-23(17)27-14-22/h2-4,9-10,12,14,18-19,25-26,31H,5-8,11,13,15-16H2,1H3,(H,27,28,29). The van der Waals surface area contributed by atoms with Crippen LogP contribution in [0.25, 0.3) is 11.0 Å². The minimum atomic E-state index is -3.68. The first kappa shape index (κ1) is 27.9. The molecule has 0 amide bonds. The number of aromatic amines is 1. The Morgan fingerprint density at radius 1 is 1.21 bits per heavy atom. The topological polar surface area (TPSA) is 176 Å². The monoisotopic (exact) mass is 580 g/mol. The lowest BCUT2D eigenvalue weighted by Crippen LogP contribution is -2.47. The van der Waals surface area contributed by atoms with E-state index in [0.29, 0.717) is 55.7 Å². The minimum absolute atomic E-state index is 0.0128. The number of nitrogens with zero attached hydrogens (tertiary/aromatic N) is 3. The smallest absolute Gasteiger partial charge is 0.244 e. The molecule has 2 fully saturated rings. The molecule has 2 unspecified atom stereocenters. The van der Waals surface area contributed by atoms with E-state index in [9.17, 15) is 21.9 Å². The Kier molecular flexibility index (Phi) is 7.92. The Hall–Kier alpha value is -2.66. The highest BCUT2D eigenvalue weighted by molar-refractivity contribution is 7.89. The van der Waals surface area contributed by atoms with Crippen molar-refractivity contribution >= 4 is 31.1 Å². The van der Waals surface area contributed by atoms with Gasteiger partial charge in [-0.25, -0.2) is 26.5 Å². The summed E-state index contributed by atoms with van der Waals surface area (Å²) in [6, 6.07) is 7.66. The third-order valence-electron chi connectivity index (χ3n) is 7.22.